The molecule has 2 amide bonds. The van der Waals surface area contributed by atoms with Gasteiger partial charge in [0.05, 0.1) is 12.5 Å². The van der Waals surface area contributed by atoms with E-state index in [1.165, 1.54) is 6.92 Å². The Kier molecular flexibility index (Phi) is 6.71. The number of likely N-dealkylation sites (N-methyl/N-ethyl adjacent to an activating group) is 1. The third-order valence-electron chi connectivity index (χ3n) is 3.72. The van der Waals surface area contributed by atoms with E-state index in [-0.39, 0.29) is 17.9 Å². The second-order valence-corrected chi connectivity index (χ2v) is 6.35. The number of nitrogens with zero attached hydrogens (tertiary/aromatic N) is 1. The monoisotopic (exact) mass is 339 g/mol. The summed E-state index contributed by atoms with van der Waals surface area (Å²) >= 11 is 0. The number of nitrogens with one attached hydrogen (secondary N) is 2. The number of amides is 2. The highest BCUT2D eigenvalue weighted by Crippen LogP contribution is 2.14. The highest BCUT2D eigenvalue weighted by atomic mass is 16.2. The van der Waals surface area contributed by atoms with Crippen LogP contribution in [0.5, 0.6) is 0 Å². The molecule has 2 rings (SSSR count). The molecule has 0 unspecified atom stereocenters. The van der Waals surface area contributed by atoms with Crippen molar-refractivity contribution in [2.45, 2.75) is 19.4 Å². The highest BCUT2D eigenvalue weighted by Gasteiger charge is 2.15. The van der Waals surface area contributed by atoms with Crippen LogP contribution in [0.3, 0.4) is 0 Å². The summed E-state index contributed by atoms with van der Waals surface area (Å²) in [6.07, 6.45) is 0.303. The van der Waals surface area contributed by atoms with Gasteiger partial charge in [0.25, 0.3) is 0 Å². The maximum atomic E-state index is 12.4. The number of carbonyl (C=O) groups is 2. The molecule has 25 heavy (non-hydrogen) atoms. The summed E-state index contributed by atoms with van der Waals surface area (Å²) in [5.74, 6) is -0.136. The van der Waals surface area contributed by atoms with Gasteiger partial charge in [-0.05, 0) is 37.4 Å². The number of anilines is 1. The van der Waals surface area contributed by atoms with E-state index >= 15 is 0 Å². The molecule has 1 atom stereocenters. The predicted molar refractivity (Wildman–Crippen MR) is 100 cm³/mol. The van der Waals surface area contributed by atoms with Gasteiger partial charge in [0.15, 0.2) is 0 Å². The first-order valence-electron chi connectivity index (χ1n) is 8.29. The number of benzene rings is 2. The fraction of sp³-hybridized carbons (Fsp3) is 0.300. The van der Waals surface area contributed by atoms with Gasteiger partial charge in [-0.2, -0.15) is 0 Å². The zero-order valence-electron chi connectivity index (χ0n) is 15.0. The Morgan fingerprint density at radius 2 is 1.64 bits per heavy atom. The molecule has 0 fully saturated rings. The summed E-state index contributed by atoms with van der Waals surface area (Å²) in [4.78, 5) is 25.5. The van der Waals surface area contributed by atoms with Crippen molar-refractivity contribution in [3.05, 3.63) is 65.7 Å². The molecule has 0 aromatic heterocycles. The molecule has 132 valence electrons. The molecule has 5 nitrogen and oxygen atoms in total. The molecule has 0 saturated carbocycles. The summed E-state index contributed by atoms with van der Waals surface area (Å²) in [7, 11) is 3.98. The van der Waals surface area contributed by atoms with E-state index in [0.29, 0.717) is 6.42 Å². The smallest absolute Gasteiger partial charge is 0.224 e. The van der Waals surface area contributed by atoms with Gasteiger partial charge < -0.3 is 15.5 Å². The number of rotatable bonds is 7. The van der Waals surface area contributed by atoms with Crippen LogP contribution in [0.1, 0.15) is 24.1 Å². The van der Waals surface area contributed by atoms with Crippen molar-refractivity contribution < 1.29 is 9.59 Å². The van der Waals surface area contributed by atoms with Crippen molar-refractivity contribution in [3.63, 3.8) is 0 Å². The molecule has 2 aromatic rings. The lowest BCUT2D eigenvalue weighted by Gasteiger charge is -2.23. The third kappa shape index (κ3) is 6.39. The van der Waals surface area contributed by atoms with Crippen molar-refractivity contribution in [2.24, 2.45) is 0 Å². The van der Waals surface area contributed by atoms with Gasteiger partial charge in [0.1, 0.15) is 0 Å². The molecule has 0 aliphatic heterocycles. The normalized spacial score (nSPS) is 11.8. The Bertz CT molecular complexity index is 697. The summed E-state index contributed by atoms with van der Waals surface area (Å²) in [5.41, 5.74) is 2.72. The average Bonchev–Trinajstić information content (AvgIpc) is 2.56. The maximum absolute atomic E-state index is 12.4. The average molecular weight is 339 g/mol. The molecule has 0 aliphatic carbocycles. The van der Waals surface area contributed by atoms with Crippen LogP contribution in [0.2, 0.25) is 0 Å². The third-order valence-corrected chi connectivity index (χ3v) is 3.72. The molecule has 0 radical (unpaired) electrons. The minimum atomic E-state index is -0.111. The molecule has 2 aromatic carbocycles. The van der Waals surface area contributed by atoms with E-state index in [4.69, 9.17) is 0 Å². The Morgan fingerprint density at radius 3 is 2.20 bits per heavy atom. The topological polar surface area (TPSA) is 61.4 Å². The maximum Gasteiger partial charge on any atom is 0.224 e. The lowest BCUT2D eigenvalue weighted by Crippen LogP contribution is -2.36. The van der Waals surface area contributed by atoms with Crippen molar-refractivity contribution in [1.82, 2.24) is 10.2 Å². The van der Waals surface area contributed by atoms with E-state index in [1.54, 1.807) is 12.1 Å². The van der Waals surface area contributed by atoms with Crippen LogP contribution in [0.4, 0.5) is 5.69 Å². The first-order valence-corrected chi connectivity index (χ1v) is 8.29. The quantitative estimate of drug-likeness (QED) is 0.815. The fourth-order valence-electron chi connectivity index (χ4n) is 2.62. The highest BCUT2D eigenvalue weighted by molar-refractivity contribution is 5.88. The van der Waals surface area contributed by atoms with Crippen molar-refractivity contribution >= 4 is 17.5 Å². The first kappa shape index (κ1) is 18.7. The van der Waals surface area contributed by atoms with Crippen LogP contribution in [0.15, 0.2) is 54.6 Å². The van der Waals surface area contributed by atoms with E-state index in [2.05, 4.69) is 15.5 Å². The van der Waals surface area contributed by atoms with E-state index < -0.39 is 0 Å². The summed E-state index contributed by atoms with van der Waals surface area (Å²) in [6, 6.07) is 17.2. The van der Waals surface area contributed by atoms with Gasteiger partial charge in [-0.3, -0.25) is 9.59 Å². The zero-order chi connectivity index (χ0) is 18.2. The largest absolute Gasteiger partial charge is 0.348 e. The SMILES string of the molecule is CC(=O)Nc1ccc(CC(=O)N[C@H](CN(C)C)c2ccccc2)cc1. The fourth-order valence-corrected chi connectivity index (χ4v) is 2.62. The Labute approximate surface area is 149 Å². The standard InChI is InChI=1S/C20H25N3O2/c1-15(24)21-18-11-9-16(10-12-18)13-20(25)22-19(14-23(2)3)17-7-5-4-6-8-17/h4-12,19H,13-14H2,1-3H3,(H,21,24)(H,22,25)/t19-/m1/s1. The lowest BCUT2D eigenvalue weighted by atomic mass is 10.1. The molecule has 0 bridgehead atoms. The Morgan fingerprint density at radius 1 is 1.00 bits per heavy atom. The molecule has 0 aliphatic rings. The second kappa shape index (κ2) is 8.99. The van der Waals surface area contributed by atoms with Gasteiger partial charge in [0.2, 0.25) is 11.8 Å². The molecular weight excluding hydrogens is 314 g/mol. The minimum absolute atomic E-state index is 0.0250. The molecular formula is C20H25N3O2. The zero-order valence-corrected chi connectivity index (χ0v) is 15.0. The van der Waals surface area contributed by atoms with Crippen molar-refractivity contribution in [3.8, 4) is 0 Å². The van der Waals surface area contributed by atoms with E-state index in [1.807, 2.05) is 56.6 Å². The van der Waals surface area contributed by atoms with Crippen molar-refractivity contribution in [1.29, 1.82) is 0 Å². The summed E-state index contributed by atoms with van der Waals surface area (Å²) in [5, 5.41) is 5.83. The van der Waals surface area contributed by atoms with Crippen molar-refractivity contribution in [2.75, 3.05) is 26.0 Å². The number of hydrogen-bond donors (Lipinski definition) is 2. The van der Waals surface area contributed by atoms with Crippen LogP contribution >= 0.6 is 0 Å². The van der Waals surface area contributed by atoms with E-state index in [9.17, 15) is 9.59 Å². The Hall–Kier alpha value is -2.66. The molecule has 0 spiro atoms. The number of carbonyl (C=O) groups excluding carboxylic acids is 2. The molecule has 2 N–H and O–H groups in total. The number of hydrogen-bond acceptors (Lipinski definition) is 3. The Balaban J connectivity index is 1.99. The van der Waals surface area contributed by atoms with Gasteiger partial charge in [-0.15, -0.1) is 0 Å². The predicted octanol–water partition coefficient (Wildman–Crippen LogP) is 2.61. The van der Waals surface area contributed by atoms with E-state index in [0.717, 1.165) is 23.4 Å². The minimum Gasteiger partial charge on any atom is -0.348 e. The van der Waals surface area contributed by atoms with Crippen LogP contribution in [0, 0.1) is 0 Å². The first-order chi connectivity index (χ1) is 11.9. The van der Waals surface area contributed by atoms with Crippen LogP contribution in [0.25, 0.3) is 0 Å². The molecule has 0 heterocycles. The van der Waals surface area contributed by atoms with Crippen LogP contribution in [-0.4, -0.2) is 37.4 Å². The lowest BCUT2D eigenvalue weighted by molar-refractivity contribution is -0.121. The molecule has 0 saturated heterocycles. The summed E-state index contributed by atoms with van der Waals surface area (Å²) in [6.45, 7) is 2.20. The van der Waals surface area contributed by atoms with Gasteiger partial charge >= 0.3 is 0 Å². The summed E-state index contributed by atoms with van der Waals surface area (Å²) < 4.78 is 0. The van der Waals surface area contributed by atoms with Gasteiger partial charge in [0, 0.05) is 19.2 Å². The van der Waals surface area contributed by atoms with Crippen LogP contribution in [-0.2, 0) is 16.0 Å². The second-order valence-electron chi connectivity index (χ2n) is 6.35. The van der Waals surface area contributed by atoms with Gasteiger partial charge in [-0.1, -0.05) is 42.5 Å². The van der Waals surface area contributed by atoms with Crippen LogP contribution < -0.4 is 10.6 Å². The molecule has 5 heteroatoms. The van der Waals surface area contributed by atoms with Gasteiger partial charge in [-0.25, -0.2) is 0 Å².